The average molecular weight is 295 g/mol. The minimum atomic E-state index is -0.949. The summed E-state index contributed by atoms with van der Waals surface area (Å²) in [7, 11) is 0. The van der Waals surface area contributed by atoms with Gasteiger partial charge in [-0.25, -0.2) is 4.79 Å². The van der Waals surface area contributed by atoms with Gasteiger partial charge in [-0.05, 0) is 19.8 Å². The molecule has 0 saturated carbocycles. The van der Waals surface area contributed by atoms with Gasteiger partial charge in [-0.1, -0.05) is 0 Å². The number of H-pyrrole nitrogens is 2. The van der Waals surface area contributed by atoms with Crippen molar-refractivity contribution in [2.75, 3.05) is 13.1 Å². The van der Waals surface area contributed by atoms with E-state index in [1.165, 1.54) is 4.90 Å². The Kier molecular flexibility index (Phi) is 3.97. The highest BCUT2D eigenvalue weighted by molar-refractivity contribution is 5.80. The lowest BCUT2D eigenvalue weighted by Gasteiger charge is -2.37. The van der Waals surface area contributed by atoms with Crippen molar-refractivity contribution in [3.05, 3.63) is 32.6 Å². The zero-order chi connectivity index (χ0) is 15.6. The number of aromatic nitrogens is 2. The SMILES string of the molecule is CC1(C(=O)O)CCCN(C(=O)Cc2cc(=O)[nH]c(=O)[nH]2)C1. The molecule has 0 aliphatic carbocycles. The molecule has 3 N–H and O–H groups in total. The number of aromatic amines is 2. The number of carbonyl (C=O) groups excluding carboxylic acids is 1. The largest absolute Gasteiger partial charge is 0.481 e. The van der Waals surface area contributed by atoms with E-state index in [4.69, 9.17) is 0 Å². The Bertz CT molecular complexity index is 649. The Labute approximate surface area is 119 Å². The van der Waals surface area contributed by atoms with E-state index < -0.39 is 22.6 Å². The Morgan fingerprint density at radius 2 is 2.10 bits per heavy atom. The second kappa shape index (κ2) is 5.55. The van der Waals surface area contributed by atoms with E-state index in [2.05, 4.69) is 4.98 Å². The predicted octanol–water partition coefficient (Wildman–Crippen LogP) is -0.681. The Hall–Kier alpha value is -2.38. The summed E-state index contributed by atoms with van der Waals surface area (Å²) in [5, 5.41) is 9.23. The van der Waals surface area contributed by atoms with Gasteiger partial charge in [0, 0.05) is 24.8 Å². The number of carboxylic acids is 1. The molecule has 1 aromatic rings. The van der Waals surface area contributed by atoms with Crippen molar-refractivity contribution in [3.8, 4) is 0 Å². The smallest absolute Gasteiger partial charge is 0.325 e. The van der Waals surface area contributed by atoms with Crippen molar-refractivity contribution in [2.45, 2.75) is 26.2 Å². The van der Waals surface area contributed by atoms with Crippen LogP contribution < -0.4 is 11.2 Å². The highest BCUT2D eigenvalue weighted by Crippen LogP contribution is 2.29. The molecule has 1 unspecified atom stereocenters. The molecule has 21 heavy (non-hydrogen) atoms. The van der Waals surface area contributed by atoms with Gasteiger partial charge in [0.25, 0.3) is 5.56 Å². The van der Waals surface area contributed by atoms with Crippen LogP contribution in [-0.4, -0.2) is 44.9 Å². The first-order chi connectivity index (χ1) is 9.80. The summed E-state index contributed by atoms with van der Waals surface area (Å²) in [6, 6.07) is 1.15. The van der Waals surface area contributed by atoms with Crippen LogP contribution in [0, 0.1) is 5.41 Å². The van der Waals surface area contributed by atoms with Gasteiger partial charge in [-0.2, -0.15) is 0 Å². The van der Waals surface area contributed by atoms with Gasteiger partial charge >= 0.3 is 11.7 Å². The van der Waals surface area contributed by atoms with Gasteiger partial charge in [0.05, 0.1) is 11.8 Å². The quantitative estimate of drug-likeness (QED) is 0.681. The molecule has 1 saturated heterocycles. The maximum atomic E-state index is 12.2. The van der Waals surface area contributed by atoms with Crippen LogP contribution in [0.1, 0.15) is 25.5 Å². The van der Waals surface area contributed by atoms with Gasteiger partial charge in [0.2, 0.25) is 5.91 Å². The van der Waals surface area contributed by atoms with Crippen molar-refractivity contribution in [2.24, 2.45) is 5.41 Å². The standard InChI is InChI=1S/C13H17N3O5/c1-13(11(19)20)3-2-4-16(7-13)10(18)6-8-5-9(17)15-12(21)14-8/h5H,2-4,6-7H2,1H3,(H,19,20)(H2,14,15,17,21). The molecule has 0 aromatic carbocycles. The zero-order valence-corrected chi connectivity index (χ0v) is 11.6. The Morgan fingerprint density at radius 1 is 1.38 bits per heavy atom. The van der Waals surface area contributed by atoms with Crippen LogP contribution >= 0.6 is 0 Å². The predicted molar refractivity (Wildman–Crippen MR) is 72.9 cm³/mol. The van der Waals surface area contributed by atoms with E-state index in [0.29, 0.717) is 19.4 Å². The summed E-state index contributed by atoms with van der Waals surface area (Å²) in [5.74, 6) is -1.23. The maximum Gasteiger partial charge on any atom is 0.325 e. The van der Waals surface area contributed by atoms with E-state index >= 15 is 0 Å². The number of carbonyl (C=O) groups is 2. The van der Waals surface area contributed by atoms with Gasteiger partial charge < -0.3 is 15.0 Å². The first-order valence-corrected chi connectivity index (χ1v) is 6.64. The summed E-state index contributed by atoms with van der Waals surface area (Å²) in [4.78, 5) is 51.7. The molecule has 1 amide bonds. The fraction of sp³-hybridized carbons (Fsp3) is 0.538. The minimum Gasteiger partial charge on any atom is -0.481 e. The maximum absolute atomic E-state index is 12.2. The number of amides is 1. The van der Waals surface area contributed by atoms with Crippen molar-refractivity contribution < 1.29 is 14.7 Å². The van der Waals surface area contributed by atoms with E-state index in [1.54, 1.807) is 6.92 Å². The normalized spacial score (nSPS) is 22.0. The molecule has 2 rings (SSSR count). The number of piperidine rings is 1. The van der Waals surface area contributed by atoms with Crippen molar-refractivity contribution in [1.29, 1.82) is 0 Å². The second-order valence-electron chi connectivity index (χ2n) is 5.57. The van der Waals surface area contributed by atoms with E-state index in [-0.39, 0.29) is 24.6 Å². The number of carboxylic acid groups (broad SMARTS) is 1. The first kappa shape index (κ1) is 15.0. The van der Waals surface area contributed by atoms with Gasteiger partial charge in [-0.15, -0.1) is 0 Å². The molecule has 114 valence electrons. The van der Waals surface area contributed by atoms with Crippen LogP contribution in [0.2, 0.25) is 0 Å². The number of hydrogen-bond donors (Lipinski definition) is 3. The number of rotatable bonds is 3. The molecule has 1 fully saturated rings. The summed E-state index contributed by atoms with van der Waals surface area (Å²) in [6.07, 6.45) is 1.00. The van der Waals surface area contributed by atoms with E-state index in [9.17, 15) is 24.3 Å². The third kappa shape index (κ3) is 3.39. The molecule has 0 spiro atoms. The summed E-state index contributed by atoms with van der Waals surface area (Å²) in [5.41, 5.74) is -1.97. The topological polar surface area (TPSA) is 123 Å². The van der Waals surface area contributed by atoms with Crippen molar-refractivity contribution in [1.82, 2.24) is 14.9 Å². The number of aliphatic carboxylic acids is 1. The van der Waals surface area contributed by atoms with Crippen LogP contribution in [0.15, 0.2) is 15.7 Å². The molecule has 1 aliphatic rings. The van der Waals surface area contributed by atoms with Crippen LogP contribution in [0.3, 0.4) is 0 Å². The highest BCUT2D eigenvalue weighted by atomic mass is 16.4. The summed E-state index contributed by atoms with van der Waals surface area (Å²) < 4.78 is 0. The minimum absolute atomic E-state index is 0.130. The lowest BCUT2D eigenvalue weighted by Crippen LogP contribution is -2.49. The third-order valence-electron chi connectivity index (χ3n) is 3.72. The first-order valence-electron chi connectivity index (χ1n) is 6.64. The van der Waals surface area contributed by atoms with Crippen LogP contribution in [0.4, 0.5) is 0 Å². The number of nitrogens with zero attached hydrogens (tertiary/aromatic N) is 1. The highest BCUT2D eigenvalue weighted by Gasteiger charge is 2.39. The molecule has 8 nitrogen and oxygen atoms in total. The number of hydrogen-bond acceptors (Lipinski definition) is 4. The van der Waals surface area contributed by atoms with E-state index in [0.717, 1.165) is 6.07 Å². The van der Waals surface area contributed by atoms with Gasteiger partial charge in [0.15, 0.2) is 0 Å². The molecule has 0 bridgehead atoms. The van der Waals surface area contributed by atoms with Crippen LogP contribution in [-0.2, 0) is 16.0 Å². The Morgan fingerprint density at radius 3 is 2.71 bits per heavy atom. The fourth-order valence-corrected chi connectivity index (χ4v) is 2.52. The molecule has 8 heteroatoms. The summed E-state index contributed by atoms with van der Waals surface area (Å²) in [6.45, 7) is 2.23. The second-order valence-corrected chi connectivity index (χ2v) is 5.57. The zero-order valence-electron chi connectivity index (χ0n) is 11.6. The summed E-state index contributed by atoms with van der Waals surface area (Å²) >= 11 is 0. The van der Waals surface area contributed by atoms with Gasteiger partial charge in [-0.3, -0.25) is 19.4 Å². The third-order valence-corrected chi connectivity index (χ3v) is 3.72. The molecule has 1 aromatic heterocycles. The average Bonchev–Trinajstić information content (AvgIpc) is 2.37. The monoisotopic (exact) mass is 295 g/mol. The molecule has 1 atom stereocenters. The van der Waals surface area contributed by atoms with Gasteiger partial charge in [0.1, 0.15) is 0 Å². The molecule has 1 aliphatic heterocycles. The molecular weight excluding hydrogens is 278 g/mol. The van der Waals surface area contributed by atoms with Crippen molar-refractivity contribution >= 4 is 11.9 Å². The lowest BCUT2D eigenvalue weighted by molar-refractivity contribution is -0.153. The fourth-order valence-electron chi connectivity index (χ4n) is 2.52. The molecule has 2 heterocycles. The molecular formula is C13H17N3O5. The van der Waals surface area contributed by atoms with Crippen LogP contribution in [0.5, 0.6) is 0 Å². The lowest BCUT2D eigenvalue weighted by atomic mass is 9.82. The van der Waals surface area contributed by atoms with Crippen molar-refractivity contribution in [3.63, 3.8) is 0 Å². The van der Waals surface area contributed by atoms with E-state index in [1.807, 2.05) is 4.98 Å². The Balaban J connectivity index is 2.11. The number of likely N-dealkylation sites (tertiary alicyclic amines) is 1. The molecule has 0 radical (unpaired) electrons. The number of nitrogens with one attached hydrogen (secondary N) is 2. The van der Waals surface area contributed by atoms with Crippen LogP contribution in [0.25, 0.3) is 0 Å².